The number of esters is 1. The van der Waals surface area contributed by atoms with Crippen molar-refractivity contribution in [3.63, 3.8) is 0 Å². The zero-order valence-corrected chi connectivity index (χ0v) is 10.5. The molecule has 0 radical (unpaired) electrons. The summed E-state index contributed by atoms with van der Waals surface area (Å²) in [7, 11) is -0.965. The molecule has 96 valence electrons. The molecule has 0 atom stereocenters. The smallest absolute Gasteiger partial charge is 0.321 e. The second-order valence-corrected chi connectivity index (χ2v) is 4.65. The molecule has 1 N–H and O–H groups in total. The van der Waals surface area contributed by atoms with Gasteiger partial charge >= 0.3 is 5.97 Å². The quantitative estimate of drug-likeness (QED) is 0.442. The van der Waals surface area contributed by atoms with E-state index < -0.39 is 16.2 Å². The van der Waals surface area contributed by atoms with Gasteiger partial charge in [0.25, 0.3) is 10.2 Å². The molecule has 0 fully saturated rings. The van der Waals surface area contributed by atoms with Crippen LogP contribution in [0, 0.1) is 0 Å². The molecule has 0 amide bonds. The maximum absolute atomic E-state index is 11.6. The Morgan fingerprint density at radius 3 is 2.44 bits per heavy atom. The van der Waals surface area contributed by atoms with E-state index in [4.69, 9.17) is 4.74 Å². The summed E-state index contributed by atoms with van der Waals surface area (Å²) < 4.78 is 35.7. The Labute approximate surface area is 95.9 Å². The van der Waals surface area contributed by atoms with Gasteiger partial charge in [-0.3, -0.25) is 4.79 Å². The number of carbonyl (C=O) groups excluding carboxylic acids is 1. The number of ether oxygens (including phenoxy) is 2. The van der Waals surface area contributed by atoms with Crippen LogP contribution in [0.25, 0.3) is 0 Å². The van der Waals surface area contributed by atoms with Crippen LogP contribution < -0.4 is 4.72 Å². The lowest BCUT2D eigenvalue weighted by Gasteiger charge is -2.19. The minimum atomic E-state index is -3.65. The minimum Gasteiger partial charge on any atom is -0.468 e. The van der Waals surface area contributed by atoms with Crippen LogP contribution in [0.5, 0.6) is 0 Å². The number of likely N-dealkylation sites (N-methyl/N-ethyl adjacent to an activating group) is 1. The van der Waals surface area contributed by atoms with Gasteiger partial charge in [-0.2, -0.15) is 17.4 Å². The van der Waals surface area contributed by atoms with Gasteiger partial charge in [0, 0.05) is 20.2 Å². The monoisotopic (exact) mass is 254 g/mol. The zero-order chi connectivity index (χ0) is 12.6. The van der Waals surface area contributed by atoms with E-state index in [0.29, 0.717) is 0 Å². The molecule has 0 aliphatic carbocycles. The molecule has 0 saturated heterocycles. The zero-order valence-electron chi connectivity index (χ0n) is 9.73. The Balaban J connectivity index is 4.37. The van der Waals surface area contributed by atoms with E-state index in [1.54, 1.807) is 6.92 Å². The number of rotatable bonds is 8. The summed E-state index contributed by atoms with van der Waals surface area (Å²) in [5, 5.41) is 0. The molecular weight excluding hydrogens is 236 g/mol. The van der Waals surface area contributed by atoms with Crippen molar-refractivity contribution >= 4 is 16.2 Å². The van der Waals surface area contributed by atoms with Crippen molar-refractivity contribution in [1.82, 2.24) is 9.03 Å². The molecule has 0 aliphatic rings. The molecule has 0 spiro atoms. The molecule has 0 aromatic carbocycles. The van der Waals surface area contributed by atoms with Crippen LogP contribution in [0.4, 0.5) is 0 Å². The third-order valence-corrected chi connectivity index (χ3v) is 3.45. The Bertz CT molecular complexity index is 304. The molecule has 0 aliphatic heterocycles. The summed E-state index contributed by atoms with van der Waals surface area (Å²) in [5.41, 5.74) is 0. The number of nitrogens with zero attached hydrogens (tertiary/aromatic N) is 1. The third kappa shape index (κ3) is 5.40. The number of carbonyl (C=O) groups is 1. The fourth-order valence-corrected chi connectivity index (χ4v) is 2.08. The van der Waals surface area contributed by atoms with E-state index in [0.717, 1.165) is 4.31 Å². The highest BCUT2D eigenvalue weighted by Crippen LogP contribution is 1.97. The van der Waals surface area contributed by atoms with Crippen LogP contribution in [0.3, 0.4) is 0 Å². The van der Waals surface area contributed by atoms with Crippen molar-refractivity contribution in [1.29, 1.82) is 0 Å². The summed E-state index contributed by atoms with van der Waals surface area (Å²) in [4.78, 5) is 11.0. The van der Waals surface area contributed by atoms with Crippen molar-refractivity contribution in [2.45, 2.75) is 6.92 Å². The van der Waals surface area contributed by atoms with Crippen LogP contribution in [-0.4, -0.2) is 59.2 Å². The minimum absolute atomic E-state index is 0.163. The topological polar surface area (TPSA) is 84.9 Å². The van der Waals surface area contributed by atoms with Gasteiger partial charge in [-0.05, 0) is 0 Å². The fourth-order valence-electron chi connectivity index (χ4n) is 0.939. The average Bonchev–Trinajstić information content (AvgIpc) is 2.25. The van der Waals surface area contributed by atoms with Gasteiger partial charge in [0.15, 0.2) is 0 Å². The predicted molar refractivity (Wildman–Crippen MR) is 58.1 cm³/mol. The maximum Gasteiger partial charge on any atom is 0.321 e. The van der Waals surface area contributed by atoms with Crippen molar-refractivity contribution in [3.05, 3.63) is 0 Å². The first-order chi connectivity index (χ1) is 7.47. The van der Waals surface area contributed by atoms with Crippen LogP contribution in [0.15, 0.2) is 0 Å². The number of hydrogen-bond donors (Lipinski definition) is 1. The second kappa shape index (κ2) is 7.55. The van der Waals surface area contributed by atoms with E-state index in [9.17, 15) is 13.2 Å². The molecule has 8 heteroatoms. The number of nitrogens with one attached hydrogen (secondary N) is 1. The van der Waals surface area contributed by atoms with Crippen molar-refractivity contribution < 1.29 is 22.7 Å². The van der Waals surface area contributed by atoms with Crippen LogP contribution in [-0.2, 0) is 24.5 Å². The predicted octanol–water partition coefficient (Wildman–Crippen LogP) is -1.04. The number of methoxy groups -OCH3 is 2. The van der Waals surface area contributed by atoms with E-state index in [-0.39, 0.29) is 26.2 Å². The van der Waals surface area contributed by atoms with E-state index in [1.165, 1.54) is 14.2 Å². The Kier molecular flexibility index (Phi) is 7.22. The molecule has 0 aromatic rings. The Morgan fingerprint density at radius 1 is 1.38 bits per heavy atom. The highest BCUT2D eigenvalue weighted by Gasteiger charge is 2.22. The summed E-state index contributed by atoms with van der Waals surface area (Å²) in [5.74, 6) is -0.598. The van der Waals surface area contributed by atoms with Gasteiger partial charge in [0.2, 0.25) is 0 Å². The largest absolute Gasteiger partial charge is 0.468 e. The molecule has 7 nitrogen and oxygen atoms in total. The summed E-state index contributed by atoms with van der Waals surface area (Å²) in [6.07, 6.45) is 0. The number of hydrogen-bond acceptors (Lipinski definition) is 5. The SMILES string of the molecule is CCN(CC(=O)OC)S(=O)(=O)NCCOC. The second-order valence-electron chi connectivity index (χ2n) is 2.89. The summed E-state index contributed by atoms with van der Waals surface area (Å²) in [6, 6.07) is 0. The van der Waals surface area contributed by atoms with Crippen LogP contribution in [0.1, 0.15) is 6.92 Å². The highest BCUT2D eigenvalue weighted by molar-refractivity contribution is 7.87. The molecule has 0 heterocycles. The van der Waals surface area contributed by atoms with Gasteiger partial charge in [-0.1, -0.05) is 6.92 Å². The standard InChI is InChI=1S/C8H18N2O5S/c1-4-10(7-8(11)15-3)16(12,13)9-5-6-14-2/h9H,4-7H2,1-3H3. The van der Waals surface area contributed by atoms with E-state index >= 15 is 0 Å². The Morgan fingerprint density at radius 2 is 2.00 bits per heavy atom. The molecular formula is C8H18N2O5S. The molecule has 16 heavy (non-hydrogen) atoms. The van der Waals surface area contributed by atoms with Gasteiger partial charge in [-0.15, -0.1) is 0 Å². The Hall–Kier alpha value is -0.700. The lowest BCUT2D eigenvalue weighted by atomic mass is 10.6. The van der Waals surface area contributed by atoms with Gasteiger partial charge in [0.05, 0.1) is 13.7 Å². The molecule has 0 bridgehead atoms. The molecule has 0 unspecified atom stereocenters. The first-order valence-electron chi connectivity index (χ1n) is 4.78. The van der Waals surface area contributed by atoms with Crippen LogP contribution >= 0.6 is 0 Å². The first-order valence-corrected chi connectivity index (χ1v) is 6.22. The molecule has 0 rings (SSSR count). The van der Waals surface area contributed by atoms with Crippen molar-refractivity contribution in [2.24, 2.45) is 0 Å². The van der Waals surface area contributed by atoms with Gasteiger partial charge < -0.3 is 9.47 Å². The lowest BCUT2D eigenvalue weighted by molar-refractivity contribution is -0.140. The fraction of sp³-hybridized carbons (Fsp3) is 0.875. The average molecular weight is 254 g/mol. The van der Waals surface area contributed by atoms with Gasteiger partial charge in [-0.25, -0.2) is 0 Å². The lowest BCUT2D eigenvalue weighted by Crippen LogP contribution is -2.44. The normalized spacial score (nSPS) is 11.8. The summed E-state index contributed by atoms with van der Waals surface area (Å²) in [6.45, 7) is 1.97. The maximum atomic E-state index is 11.6. The van der Waals surface area contributed by atoms with Crippen molar-refractivity contribution in [3.8, 4) is 0 Å². The first kappa shape index (κ1) is 15.3. The van der Waals surface area contributed by atoms with Gasteiger partial charge in [0.1, 0.15) is 6.54 Å². The highest BCUT2D eigenvalue weighted by atomic mass is 32.2. The summed E-state index contributed by atoms with van der Waals surface area (Å²) >= 11 is 0. The van der Waals surface area contributed by atoms with Crippen LogP contribution in [0.2, 0.25) is 0 Å². The molecule has 0 aromatic heterocycles. The molecule has 0 saturated carbocycles. The van der Waals surface area contributed by atoms with Crippen molar-refractivity contribution in [2.75, 3.05) is 40.5 Å². The van der Waals surface area contributed by atoms with E-state index in [2.05, 4.69) is 9.46 Å². The third-order valence-electron chi connectivity index (χ3n) is 1.82. The van der Waals surface area contributed by atoms with E-state index in [1.807, 2.05) is 0 Å².